The van der Waals surface area contributed by atoms with Gasteiger partial charge in [-0.25, -0.2) is 0 Å². The van der Waals surface area contributed by atoms with E-state index in [0.29, 0.717) is 6.04 Å². The molecule has 0 unspecified atom stereocenters. The summed E-state index contributed by atoms with van der Waals surface area (Å²) in [4.78, 5) is 1.62. The third-order valence-corrected chi connectivity index (χ3v) is 4.15. The summed E-state index contributed by atoms with van der Waals surface area (Å²) in [5, 5.41) is 5.61. The molecule has 72 valence electrons. The molecule has 0 aliphatic heterocycles. The Morgan fingerprint density at radius 2 is 2.46 bits per heavy atom. The number of hydrogen-bond donors (Lipinski definition) is 1. The quantitative estimate of drug-likeness (QED) is 0.765. The summed E-state index contributed by atoms with van der Waals surface area (Å²) >= 11 is 1.93. The molecule has 2 atom stereocenters. The monoisotopic (exact) mass is 195 g/mol. The summed E-state index contributed by atoms with van der Waals surface area (Å²) < 4.78 is 0. The summed E-state index contributed by atoms with van der Waals surface area (Å²) in [6.07, 6.45) is 4.02. The Morgan fingerprint density at radius 1 is 1.62 bits per heavy atom. The highest BCUT2D eigenvalue weighted by molar-refractivity contribution is 7.10. The van der Waals surface area contributed by atoms with E-state index in [-0.39, 0.29) is 0 Å². The number of rotatable bonds is 2. The number of aryl methyl sites for hydroxylation is 1. The molecule has 0 saturated heterocycles. The van der Waals surface area contributed by atoms with Crippen LogP contribution in [0.15, 0.2) is 11.4 Å². The largest absolute Gasteiger partial charge is 0.317 e. The minimum absolute atomic E-state index is 0.619. The van der Waals surface area contributed by atoms with Gasteiger partial charge in [0.25, 0.3) is 0 Å². The van der Waals surface area contributed by atoms with Crippen LogP contribution in [-0.2, 0) is 6.42 Å². The molecule has 13 heavy (non-hydrogen) atoms. The van der Waals surface area contributed by atoms with Gasteiger partial charge in [-0.15, -0.1) is 11.3 Å². The van der Waals surface area contributed by atoms with Crippen molar-refractivity contribution in [1.82, 2.24) is 5.32 Å². The fourth-order valence-corrected chi connectivity index (χ4v) is 3.24. The van der Waals surface area contributed by atoms with Crippen LogP contribution in [0.2, 0.25) is 0 Å². The Labute approximate surface area is 84.2 Å². The zero-order valence-corrected chi connectivity index (χ0v) is 9.16. The lowest BCUT2D eigenvalue weighted by Crippen LogP contribution is -2.30. The van der Waals surface area contributed by atoms with Crippen LogP contribution in [0.1, 0.15) is 36.1 Å². The van der Waals surface area contributed by atoms with Gasteiger partial charge in [-0.1, -0.05) is 0 Å². The first-order chi connectivity index (χ1) is 6.33. The molecule has 0 fully saturated rings. The van der Waals surface area contributed by atoms with E-state index in [1.54, 1.807) is 10.4 Å². The molecule has 2 heteroatoms. The average molecular weight is 195 g/mol. The molecule has 2 rings (SSSR count). The Balaban J connectivity index is 2.24. The molecule has 1 aliphatic carbocycles. The predicted molar refractivity (Wildman–Crippen MR) is 58.5 cm³/mol. The molecule has 1 aliphatic rings. The number of likely N-dealkylation sites (N-methyl/N-ethyl adjacent to an activating group) is 1. The second-order valence-electron chi connectivity index (χ2n) is 3.88. The zero-order chi connectivity index (χ0) is 9.26. The van der Waals surface area contributed by atoms with Gasteiger partial charge in [-0.3, -0.25) is 0 Å². The Bertz CT molecular complexity index is 279. The summed E-state index contributed by atoms with van der Waals surface area (Å²) in [6.45, 7) is 2.29. The van der Waals surface area contributed by atoms with Crippen LogP contribution < -0.4 is 5.32 Å². The van der Waals surface area contributed by atoms with Gasteiger partial charge in [0.15, 0.2) is 0 Å². The van der Waals surface area contributed by atoms with E-state index in [0.717, 1.165) is 5.92 Å². The van der Waals surface area contributed by atoms with E-state index >= 15 is 0 Å². The van der Waals surface area contributed by atoms with Crippen molar-refractivity contribution in [1.29, 1.82) is 0 Å². The van der Waals surface area contributed by atoms with Crippen LogP contribution in [0.3, 0.4) is 0 Å². The highest BCUT2D eigenvalue weighted by Gasteiger charge is 2.24. The van der Waals surface area contributed by atoms with Crippen molar-refractivity contribution < 1.29 is 0 Å². The van der Waals surface area contributed by atoms with Crippen LogP contribution in [0.25, 0.3) is 0 Å². The summed E-state index contributed by atoms with van der Waals surface area (Å²) in [5.74, 6) is 0.750. The van der Waals surface area contributed by atoms with Crippen molar-refractivity contribution in [2.45, 2.75) is 38.1 Å². The van der Waals surface area contributed by atoms with E-state index in [2.05, 4.69) is 30.7 Å². The first-order valence-corrected chi connectivity index (χ1v) is 5.94. The number of hydrogen-bond acceptors (Lipinski definition) is 2. The fourth-order valence-electron chi connectivity index (χ4n) is 2.24. The lowest BCUT2D eigenvalue weighted by Gasteiger charge is -2.27. The van der Waals surface area contributed by atoms with Gasteiger partial charge >= 0.3 is 0 Å². The standard InChI is InChI=1S/C11H17NS/c1-8(12-2)9-4-3-5-11-10(9)6-7-13-11/h6-9,12H,3-5H2,1-2H3/t8-,9-/m0/s1. The molecule has 0 aromatic carbocycles. The van der Waals surface area contributed by atoms with Gasteiger partial charge in [0.05, 0.1) is 0 Å². The maximum Gasteiger partial charge on any atom is 0.0105 e. The van der Waals surface area contributed by atoms with Crippen molar-refractivity contribution in [3.05, 3.63) is 21.9 Å². The van der Waals surface area contributed by atoms with Gasteiger partial charge in [-0.2, -0.15) is 0 Å². The number of fused-ring (bicyclic) bond motifs is 1. The van der Waals surface area contributed by atoms with Gasteiger partial charge in [0, 0.05) is 16.8 Å². The maximum absolute atomic E-state index is 3.37. The van der Waals surface area contributed by atoms with Crippen molar-refractivity contribution in [2.24, 2.45) is 0 Å². The van der Waals surface area contributed by atoms with E-state index in [1.807, 2.05) is 11.3 Å². The highest BCUT2D eigenvalue weighted by Crippen LogP contribution is 2.36. The van der Waals surface area contributed by atoms with E-state index in [1.165, 1.54) is 19.3 Å². The van der Waals surface area contributed by atoms with E-state index in [9.17, 15) is 0 Å². The lowest BCUT2D eigenvalue weighted by molar-refractivity contribution is 0.441. The highest BCUT2D eigenvalue weighted by atomic mass is 32.1. The molecular formula is C11H17NS. The normalized spacial score (nSPS) is 24.0. The van der Waals surface area contributed by atoms with Gasteiger partial charge < -0.3 is 5.32 Å². The van der Waals surface area contributed by atoms with Crippen molar-refractivity contribution in [3.8, 4) is 0 Å². The van der Waals surface area contributed by atoms with Crippen LogP contribution >= 0.6 is 11.3 Å². The molecule has 0 radical (unpaired) electrons. The maximum atomic E-state index is 3.37. The van der Waals surface area contributed by atoms with Crippen LogP contribution in [0.4, 0.5) is 0 Å². The molecular weight excluding hydrogens is 178 g/mol. The Kier molecular flexibility index (Phi) is 2.70. The number of nitrogens with one attached hydrogen (secondary N) is 1. The topological polar surface area (TPSA) is 12.0 Å². The first kappa shape index (κ1) is 9.22. The summed E-state index contributed by atoms with van der Waals surface area (Å²) in [7, 11) is 2.06. The molecule has 1 nitrogen and oxygen atoms in total. The first-order valence-electron chi connectivity index (χ1n) is 5.06. The molecule has 0 spiro atoms. The Hall–Kier alpha value is -0.340. The second-order valence-corrected chi connectivity index (χ2v) is 4.88. The van der Waals surface area contributed by atoms with Crippen LogP contribution in [0.5, 0.6) is 0 Å². The summed E-state index contributed by atoms with van der Waals surface area (Å²) in [6, 6.07) is 2.94. The van der Waals surface area contributed by atoms with Crippen LogP contribution in [0, 0.1) is 0 Å². The SMILES string of the molecule is CN[C@@H](C)[C@@H]1CCCc2sccc21. The average Bonchev–Trinajstić information content (AvgIpc) is 2.63. The van der Waals surface area contributed by atoms with Crippen molar-refractivity contribution in [3.63, 3.8) is 0 Å². The molecule has 0 bridgehead atoms. The van der Waals surface area contributed by atoms with Crippen LogP contribution in [-0.4, -0.2) is 13.1 Å². The summed E-state index contributed by atoms with van der Waals surface area (Å²) in [5.41, 5.74) is 1.61. The fraction of sp³-hybridized carbons (Fsp3) is 0.636. The molecule has 0 amide bonds. The predicted octanol–water partition coefficient (Wildman–Crippen LogP) is 2.78. The molecule has 1 aromatic heterocycles. The van der Waals surface area contributed by atoms with Gasteiger partial charge in [0.2, 0.25) is 0 Å². The molecule has 1 heterocycles. The minimum atomic E-state index is 0.619. The lowest BCUT2D eigenvalue weighted by atomic mass is 9.83. The van der Waals surface area contributed by atoms with Crippen molar-refractivity contribution in [2.75, 3.05) is 7.05 Å². The molecule has 1 N–H and O–H groups in total. The third-order valence-electron chi connectivity index (χ3n) is 3.16. The van der Waals surface area contributed by atoms with E-state index < -0.39 is 0 Å². The van der Waals surface area contributed by atoms with E-state index in [4.69, 9.17) is 0 Å². The molecule has 0 saturated carbocycles. The minimum Gasteiger partial charge on any atom is -0.317 e. The third kappa shape index (κ3) is 1.65. The van der Waals surface area contributed by atoms with Gasteiger partial charge in [-0.05, 0) is 50.2 Å². The Morgan fingerprint density at radius 3 is 3.23 bits per heavy atom. The zero-order valence-electron chi connectivity index (χ0n) is 8.34. The molecule has 1 aromatic rings. The number of thiophene rings is 1. The van der Waals surface area contributed by atoms with Gasteiger partial charge in [0.1, 0.15) is 0 Å². The van der Waals surface area contributed by atoms with Crippen molar-refractivity contribution >= 4 is 11.3 Å². The second kappa shape index (κ2) is 3.81. The smallest absolute Gasteiger partial charge is 0.0105 e.